The predicted molar refractivity (Wildman–Crippen MR) is 72.2 cm³/mol. The molecular weight excluding hydrogens is 240 g/mol. The van der Waals surface area contributed by atoms with Gasteiger partial charge in [0.15, 0.2) is 5.82 Å². The highest BCUT2D eigenvalue weighted by molar-refractivity contribution is 5.43. The molecule has 0 aliphatic heterocycles. The fourth-order valence-corrected chi connectivity index (χ4v) is 2.64. The molecule has 0 amide bonds. The highest BCUT2D eigenvalue weighted by Crippen LogP contribution is 2.25. The molecule has 100 valence electrons. The molecule has 2 aromatic heterocycles. The largest absolute Gasteiger partial charge is 0.357 e. The lowest BCUT2D eigenvalue weighted by molar-refractivity contribution is 0.426. The van der Waals surface area contributed by atoms with Gasteiger partial charge in [-0.05, 0) is 12.8 Å². The van der Waals surface area contributed by atoms with Crippen molar-refractivity contribution in [3.63, 3.8) is 0 Å². The number of hydrogen-bond acceptors (Lipinski definition) is 5. The van der Waals surface area contributed by atoms with Gasteiger partial charge in [-0.3, -0.25) is 0 Å². The maximum absolute atomic E-state index is 4.38. The topological polar surface area (TPSA) is 59.7 Å². The average molecular weight is 258 g/mol. The molecule has 2 heterocycles. The van der Waals surface area contributed by atoms with Crippen LogP contribution in [0.15, 0.2) is 25.0 Å². The van der Waals surface area contributed by atoms with Gasteiger partial charge in [0.05, 0.1) is 0 Å². The fourth-order valence-electron chi connectivity index (χ4n) is 2.64. The van der Waals surface area contributed by atoms with E-state index >= 15 is 0 Å². The number of rotatable bonds is 3. The van der Waals surface area contributed by atoms with Gasteiger partial charge in [-0.2, -0.15) is 5.10 Å². The van der Waals surface area contributed by atoms with Gasteiger partial charge < -0.3 is 4.90 Å². The SMILES string of the molecule is CN(c1cc(-n2cncn2)ncn1)C1CCCCC1. The molecule has 0 saturated heterocycles. The summed E-state index contributed by atoms with van der Waals surface area (Å²) >= 11 is 0. The van der Waals surface area contributed by atoms with Crippen molar-refractivity contribution < 1.29 is 0 Å². The molecular formula is C13H18N6. The van der Waals surface area contributed by atoms with Crippen LogP contribution in [-0.4, -0.2) is 37.8 Å². The summed E-state index contributed by atoms with van der Waals surface area (Å²) in [6.07, 6.45) is 11.2. The maximum atomic E-state index is 4.38. The van der Waals surface area contributed by atoms with E-state index in [4.69, 9.17) is 0 Å². The molecule has 0 bridgehead atoms. The number of nitrogens with zero attached hydrogens (tertiary/aromatic N) is 6. The van der Waals surface area contributed by atoms with E-state index in [0.29, 0.717) is 6.04 Å². The molecule has 3 rings (SSSR count). The second-order valence-electron chi connectivity index (χ2n) is 4.98. The van der Waals surface area contributed by atoms with E-state index in [0.717, 1.165) is 11.6 Å². The molecule has 2 aromatic rings. The quantitative estimate of drug-likeness (QED) is 0.840. The van der Waals surface area contributed by atoms with Gasteiger partial charge in [0.2, 0.25) is 0 Å². The van der Waals surface area contributed by atoms with Crippen molar-refractivity contribution in [1.82, 2.24) is 24.7 Å². The molecule has 19 heavy (non-hydrogen) atoms. The minimum Gasteiger partial charge on any atom is -0.357 e. The van der Waals surface area contributed by atoms with Crippen LogP contribution in [0.3, 0.4) is 0 Å². The van der Waals surface area contributed by atoms with Crippen LogP contribution in [0, 0.1) is 0 Å². The van der Waals surface area contributed by atoms with Gasteiger partial charge in [0.25, 0.3) is 0 Å². The normalized spacial score (nSPS) is 16.5. The third-order valence-corrected chi connectivity index (χ3v) is 3.78. The van der Waals surface area contributed by atoms with E-state index < -0.39 is 0 Å². The van der Waals surface area contributed by atoms with E-state index in [9.17, 15) is 0 Å². The van der Waals surface area contributed by atoms with Gasteiger partial charge in [-0.1, -0.05) is 19.3 Å². The van der Waals surface area contributed by atoms with Crippen molar-refractivity contribution >= 4 is 5.82 Å². The molecule has 1 saturated carbocycles. The van der Waals surface area contributed by atoms with Gasteiger partial charge >= 0.3 is 0 Å². The van der Waals surface area contributed by atoms with Crippen molar-refractivity contribution in [3.8, 4) is 5.82 Å². The lowest BCUT2D eigenvalue weighted by atomic mass is 9.94. The van der Waals surface area contributed by atoms with E-state index in [2.05, 4.69) is 32.0 Å². The van der Waals surface area contributed by atoms with E-state index in [-0.39, 0.29) is 0 Å². The Morgan fingerprint density at radius 1 is 1.16 bits per heavy atom. The van der Waals surface area contributed by atoms with Crippen LogP contribution in [0.4, 0.5) is 5.82 Å². The van der Waals surface area contributed by atoms with Crippen LogP contribution in [0.2, 0.25) is 0 Å². The van der Waals surface area contributed by atoms with Gasteiger partial charge in [-0.15, -0.1) is 0 Å². The molecule has 0 atom stereocenters. The molecule has 1 fully saturated rings. The summed E-state index contributed by atoms with van der Waals surface area (Å²) in [5, 5.41) is 4.10. The fraction of sp³-hybridized carbons (Fsp3) is 0.538. The Morgan fingerprint density at radius 2 is 2.00 bits per heavy atom. The van der Waals surface area contributed by atoms with Crippen LogP contribution >= 0.6 is 0 Å². The molecule has 0 N–H and O–H groups in total. The van der Waals surface area contributed by atoms with Crippen molar-refractivity contribution in [2.24, 2.45) is 0 Å². The zero-order chi connectivity index (χ0) is 13.1. The minimum absolute atomic E-state index is 0.590. The second kappa shape index (κ2) is 5.34. The summed E-state index contributed by atoms with van der Waals surface area (Å²) in [5.74, 6) is 1.71. The van der Waals surface area contributed by atoms with Gasteiger partial charge in [-0.25, -0.2) is 19.6 Å². The summed E-state index contributed by atoms with van der Waals surface area (Å²) in [6, 6.07) is 2.55. The summed E-state index contributed by atoms with van der Waals surface area (Å²) < 4.78 is 1.65. The molecule has 0 radical (unpaired) electrons. The standard InChI is InChI=1S/C13H18N6/c1-18(11-5-3-2-4-6-11)12-7-13(16-9-15-12)19-10-14-8-17-19/h7-11H,2-6H2,1H3. The van der Waals surface area contributed by atoms with Crippen molar-refractivity contribution in [2.75, 3.05) is 11.9 Å². The monoisotopic (exact) mass is 258 g/mol. The maximum Gasteiger partial charge on any atom is 0.160 e. The number of hydrogen-bond donors (Lipinski definition) is 0. The summed E-state index contributed by atoms with van der Waals surface area (Å²) in [4.78, 5) is 14.8. The molecule has 0 unspecified atom stereocenters. The van der Waals surface area contributed by atoms with Crippen molar-refractivity contribution in [1.29, 1.82) is 0 Å². The minimum atomic E-state index is 0.590. The zero-order valence-corrected chi connectivity index (χ0v) is 11.1. The summed E-state index contributed by atoms with van der Waals surface area (Å²) in [6.45, 7) is 0. The summed E-state index contributed by atoms with van der Waals surface area (Å²) in [5.41, 5.74) is 0. The van der Waals surface area contributed by atoms with E-state index in [1.165, 1.54) is 38.4 Å². The Morgan fingerprint density at radius 3 is 2.74 bits per heavy atom. The van der Waals surface area contributed by atoms with Crippen molar-refractivity contribution in [2.45, 2.75) is 38.1 Å². The van der Waals surface area contributed by atoms with E-state index in [1.54, 1.807) is 17.3 Å². The van der Waals surface area contributed by atoms with E-state index in [1.807, 2.05) is 6.07 Å². The molecule has 0 spiro atoms. The highest BCUT2D eigenvalue weighted by Gasteiger charge is 2.19. The first-order chi connectivity index (χ1) is 9.34. The first-order valence-electron chi connectivity index (χ1n) is 6.74. The first kappa shape index (κ1) is 12.1. The third kappa shape index (κ3) is 2.57. The molecule has 1 aliphatic rings. The first-order valence-corrected chi connectivity index (χ1v) is 6.74. The lowest BCUT2D eigenvalue weighted by Crippen LogP contribution is -2.34. The number of anilines is 1. The number of aromatic nitrogens is 5. The Hall–Kier alpha value is -1.98. The smallest absolute Gasteiger partial charge is 0.160 e. The van der Waals surface area contributed by atoms with Crippen molar-refractivity contribution in [3.05, 3.63) is 25.0 Å². The lowest BCUT2D eigenvalue weighted by Gasteiger charge is -2.32. The van der Waals surface area contributed by atoms with Gasteiger partial charge in [0.1, 0.15) is 24.8 Å². The van der Waals surface area contributed by atoms with Crippen LogP contribution < -0.4 is 4.90 Å². The Bertz CT molecular complexity index is 518. The molecule has 1 aliphatic carbocycles. The Kier molecular flexibility index (Phi) is 3.39. The zero-order valence-electron chi connectivity index (χ0n) is 11.1. The third-order valence-electron chi connectivity index (χ3n) is 3.78. The highest BCUT2D eigenvalue weighted by atomic mass is 15.3. The molecule has 6 nitrogen and oxygen atoms in total. The van der Waals surface area contributed by atoms with Gasteiger partial charge in [0, 0.05) is 19.2 Å². The van der Waals surface area contributed by atoms with Crippen LogP contribution in [-0.2, 0) is 0 Å². The Balaban J connectivity index is 1.82. The molecule has 0 aromatic carbocycles. The average Bonchev–Trinajstić information content (AvgIpc) is 3.02. The van der Waals surface area contributed by atoms with Crippen LogP contribution in [0.25, 0.3) is 5.82 Å². The summed E-state index contributed by atoms with van der Waals surface area (Å²) in [7, 11) is 2.11. The second-order valence-corrected chi connectivity index (χ2v) is 4.98. The Labute approximate surface area is 112 Å². The predicted octanol–water partition coefficient (Wildman–Crippen LogP) is 1.83. The van der Waals surface area contributed by atoms with Crippen LogP contribution in [0.1, 0.15) is 32.1 Å². The van der Waals surface area contributed by atoms with Crippen LogP contribution in [0.5, 0.6) is 0 Å². The molecule has 6 heteroatoms.